The maximum absolute atomic E-state index is 8.52. The Morgan fingerprint density at radius 3 is 3.00 bits per heavy atom. The number of hydrogen-bond donors (Lipinski definition) is 2. The first-order valence-corrected chi connectivity index (χ1v) is 6.95. The van der Waals surface area contributed by atoms with E-state index >= 15 is 0 Å². The molecule has 0 aromatic heterocycles. The van der Waals surface area contributed by atoms with Gasteiger partial charge in [-0.05, 0) is 25.0 Å². The van der Waals surface area contributed by atoms with Gasteiger partial charge in [0.15, 0.2) is 0 Å². The molecule has 1 saturated carbocycles. The summed E-state index contributed by atoms with van der Waals surface area (Å²) in [6, 6.07) is 0.687. The highest BCUT2D eigenvalue weighted by molar-refractivity contribution is 7.99. The summed E-state index contributed by atoms with van der Waals surface area (Å²) in [5, 5.41) is 12.9. The zero-order valence-corrected chi connectivity index (χ0v) is 10.4. The lowest BCUT2D eigenvalue weighted by Crippen LogP contribution is -2.30. The molecule has 15 heavy (non-hydrogen) atoms. The van der Waals surface area contributed by atoms with Gasteiger partial charge < -0.3 is 15.2 Å². The molecular formula is C11H23NO2S. The fraction of sp³-hybridized carbons (Fsp3) is 1.00. The van der Waals surface area contributed by atoms with Gasteiger partial charge in [0.1, 0.15) is 0 Å². The molecule has 0 aromatic rings. The van der Waals surface area contributed by atoms with Crippen molar-refractivity contribution in [3.8, 4) is 0 Å². The quantitative estimate of drug-likeness (QED) is 0.619. The van der Waals surface area contributed by atoms with Gasteiger partial charge in [-0.15, -0.1) is 0 Å². The monoisotopic (exact) mass is 233 g/mol. The lowest BCUT2D eigenvalue weighted by Gasteiger charge is -2.12. The van der Waals surface area contributed by atoms with Crippen molar-refractivity contribution in [3.05, 3.63) is 0 Å². The van der Waals surface area contributed by atoms with Gasteiger partial charge in [0.05, 0.1) is 19.8 Å². The topological polar surface area (TPSA) is 41.5 Å². The molecule has 3 nitrogen and oxygen atoms in total. The van der Waals surface area contributed by atoms with Crippen LogP contribution in [0.15, 0.2) is 0 Å². The summed E-state index contributed by atoms with van der Waals surface area (Å²) in [4.78, 5) is 0. The molecule has 1 fully saturated rings. The van der Waals surface area contributed by atoms with Crippen LogP contribution in [0.25, 0.3) is 0 Å². The summed E-state index contributed by atoms with van der Waals surface area (Å²) >= 11 is 2.09. The van der Waals surface area contributed by atoms with E-state index in [1.165, 1.54) is 25.0 Å². The minimum atomic E-state index is 0.124. The maximum atomic E-state index is 8.52. The van der Waals surface area contributed by atoms with Crippen LogP contribution in [0.4, 0.5) is 0 Å². The number of ether oxygens (including phenoxy) is 1. The molecule has 0 heterocycles. The standard InChI is InChI=1S/C11H23NO2S/c1-2-15-11-4-3-10(9-11)12-5-7-14-8-6-13/h10-13H,2-9H2,1H3. The molecule has 4 heteroatoms. The van der Waals surface area contributed by atoms with Crippen LogP contribution in [-0.4, -0.2) is 48.5 Å². The molecule has 1 aliphatic rings. The second kappa shape index (κ2) is 8.39. The van der Waals surface area contributed by atoms with E-state index in [9.17, 15) is 0 Å². The number of aliphatic hydroxyl groups excluding tert-OH is 1. The SMILES string of the molecule is CCSC1CCC(NCCOCCO)C1. The molecule has 0 amide bonds. The van der Waals surface area contributed by atoms with E-state index in [0.29, 0.717) is 19.3 Å². The second-order valence-electron chi connectivity index (χ2n) is 3.88. The van der Waals surface area contributed by atoms with E-state index in [4.69, 9.17) is 9.84 Å². The molecule has 1 rings (SSSR count). The number of hydrogen-bond acceptors (Lipinski definition) is 4. The average molecular weight is 233 g/mol. The van der Waals surface area contributed by atoms with Crippen molar-refractivity contribution in [3.63, 3.8) is 0 Å². The van der Waals surface area contributed by atoms with Crippen LogP contribution in [0.1, 0.15) is 26.2 Å². The highest BCUT2D eigenvalue weighted by Crippen LogP contribution is 2.29. The fourth-order valence-electron chi connectivity index (χ4n) is 2.01. The number of aliphatic hydroxyl groups is 1. The third kappa shape index (κ3) is 5.76. The molecule has 0 spiro atoms. The molecule has 0 radical (unpaired) electrons. The van der Waals surface area contributed by atoms with Crippen LogP contribution < -0.4 is 5.32 Å². The number of thioether (sulfide) groups is 1. The van der Waals surface area contributed by atoms with Crippen LogP contribution >= 0.6 is 11.8 Å². The van der Waals surface area contributed by atoms with Crippen molar-refractivity contribution in [2.24, 2.45) is 0 Å². The van der Waals surface area contributed by atoms with Crippen molar-refractivity contribution in [2.45, 2.75) is 37.5 Å². The highest BCUT2D eigenvalue weighted by Gasteiger charge is 2.23. The van der Waals surface area contributed by atoms with Crippen LogP contribution in [-0.2, 0) is 4.74 Å². The number of nitrogens with one attached hydrogen (secondary N) is 1. The summed E-state index contributed by atoms with van der Waals surface area (Å²) in [5.74, 6) is 1.23. The molecule has 2 N–H and O–H groups in total. The second-order valence-corrected chi connectivity index (χ2v) is 5.45. The third-order valence-corrected chi connectivity index (χ3v) is 3.93. The summed E-state index contributed by atoms with van der Waals surface area (Å²) < 4.78 is 5.20. The molecule has 90 valence electrons. The largest absolute Gasteiger partial charge is 0.394 e. The Labute approximate surface area is 97.0 Å². The zero-order valence-electron chi connectivity index (χ0n) is 9.58. The van der Waals surface area contributed by atoms with Gasteiger partial charge in [-0.25, -0.2) is 0 Å². The molecule has 2 unspecified atom stereocenters. The third-order valence-electron chi connectivity index (χ3n) is 2.70. The molecule has 0 aromatic carbocycles. The smallest absolute Gasteiger partial charge is 0.0698 e. The van der Waals surface area contributed by atoms with Gasteiger partial charge >= 0.3 is 0 Å². The van der Waals surface area contributed by atoms with Crippen molar-refractivity contribution in [2.75, 3.05) is 32.1 Å². The van der Waals surface area contributed by atoms with E-state index in [-0.39, 0.29) is 6.61 Å². The van der Waals surface area contributed by atoms with E-state index in [2.05, 4.69) is 24.0 Å². The lowest BCUT2D eigenvalue weighted by atomic mass is 10.2. The molecule has 2 atom stereocenters. The predicted molar refractivity (Wildman–Crippen MR) is 65.5 cm³/mol. The van der Waals surface area contributed by atoms with Crippen molar-refractivity contribution < 1.29 is 9.84 Å². The Hall–Kier alpha value is 0.230. The fourth-order valence-corrected chi connectivity index (χ4v) is 3.16. The average Bonchev–Trinajstić information content (AvgIpc) is 2.66. The van der Waals surface area contributed by atoms with Crippen LogP contribution in [0.2, 0.25) is 0 Å². The van der Waals surface area contributed by atoms with Crippen LogP contribution in [0, 0.1) is 0 Å². The molecular weight excluding hydrogens is 210 g/mol. The minimum absolute atomic E-state index is 0.124. The van der Waals surface area contributed by atoms with Gasteiger partial charge in [0.2, 0.25) is 0 Å². The first-order valence-electron chi connectivity index (χ1n) is 5.90. The van der Waals surface area contributed by atoms with E-state index in [1.54, 1.807) is 0 Å². The Morgan fingerprint density at radius 1 is 1.40 bits per heavy atom. The summed E-state index contributed by atoms with van der Waals surface area (Å²) in [6.07, 6.45) is 3.96. The lowest BCUT2D eigenvalue weighted by molar-refractivity contribution is 0.0927. The zero-order chi connectivity index (χ0) is 10.9. The van der Waals surface area contributed by atoms with Gasteiger partial charge in [0, 0.05) is 17.8 Å². The minimum Gasteiger partial charge on any atom is -0.394 e. The van der Waals surface area contributed by atoms with Gasteiger partial charge in [-0.2, -0.15) is 11.8 Å². The number of rotatable bonds is 8. The first-order chi connectivity index (χ1) is 7.36. The Morgan fingerprint density at radius 2 is 2.27 bits per heavy atom. The van der Waals surface area contributed by atoms with Crippen molar-refractivity contribution in [1.82, 2.24) is 5.32 Å². The van der Waals surface area contributed by atoms with Gasteiger partial charge in [-0.3, -0.25) is 0 Å². The molecule has 1 aliphatic carbocycles. The molecule has 0 aliphatic heterocycles. The van der Waals surface area contributed by atoms with E-state index in [0.717, 1.165) is 11.8 Å². The van der Waals surface area contributed by atoms with Gasteiger partial charge in [-0.1, -0.05) is 6.92 Å². The maximum Gasteiger partial charge on any atom is 0.0698 e. The Balaban J connectivity index is 1.94. The normalized spacial score (nSPS) is 26.0. The molecule has 0 bridgehead atoms. The Bertz CT molecular complexity index is 158. The first kappa shape index (κ1) is 13.3. The summed E-state index contributed by atoms with van der Waals surface area (Å²) in [7, 11) is 0. The van der Waals surface area contributed by atoms with E-state index < -0.39 is 0 Å². The highest BCUT2D eigenvalue weighted by atomic mass is 32.2. The Kier molecular flexibility index (Phi) is 7.44. The van der Waals surface area contributed by atoms with Crippen LogP contribution in [0.5, 0.6) is 0 Å². The van der Waals surface area contributed by atoms with Gasteiger partial charge in [0.25, 0.3) is 0 Å². The van der Waals surface area contributed by atoms with Crippen LogP contribution in [0.3, 0.4) is 0 Å². The van der Waals surface area contributed by atoms with E-state index in [1.807, 2.05) is 0 Å². The van der Waals surface area contributed by atoms with Crippen molar-refractivity contribution >= 4 is 11.8 Å². The van der Waals surface area contributed by atoms with Crippen molar-refractivity contribution in [1.29, 1.82) is 0 Å². The predicted octanol–water partition coefficient (Wildman–Crippen LogP) is 1.26. The summed E-state index contributed by atoms with van der Waals surface area (Å²) in [6.45, 7) is 4.43. The molecule has 0 saturated heterocycles. The summed E-state index contributed by atoms with van der Waals surface area (Å²) in [5.41, 5.74) is 0.